The van der Waals surface area contributed by atoms with E-state index in [1.807, 2.05) is 152 Å². The number of carbonyl (C=O) groups excluding carboxylic acids is 2. The van der Waals surface area contributed by atoms with Gasteiger partial charge in [-0.05, 0) is 104 Å². The molecule has 85 heavy (non-hydrogen) atoms. The van der Waals surface area contributed by atoms with E-state index in [0.29, 0.717) is 82.5 Å². The Morgan fingerprint density at radius 1 is 0.459 bits per heavy atom. The van der Waals surface area contributed by atoms with Crippen LogP contribution in [0.2, 0.25) is 0 Å². The first-order valence-corrected chi connectivity index (χ1v) is 28.6. The Morgan fingerprint density at radius 3 is 1.26 bits per heavy atom. The van der Waals surface area contributed by atoms with Crippen molar-refractivity contribution in [2.45, 2.75) is 68.8 Å². The average Bonchev–Trinajstić information content (AvgIpc) is 2.11. The number of aliphatic hydroxyl groups excluding tert-OH is 2. The van der Waals surface area contributed by atoms with Crippen molar-refractivity contribution < 1.29 is 53.8 Å². The van der Waals surface area contributed by atoms with E-state index >= 15 is 0 Å². The molecule has 2 atom stereocenters. The number of aliphatic hydroxyl groups is 3. The fraction of sp³-hybridized carbons (Fsp3) is 0.225. The summed E-state index contributed by atoms with van der Waals surface area (Å²) >= 11 is 1.52. The third kappa shape index (κ3) is 17.2. The number of carbonyl (C=O) groups is 3. The maximum absolute atomic E-state index is 12.4. The second kappa shape index (κ2) is 32.0. The fourth-order valence-electron chi connectivity index (χ4n) is 9.39. The normalized spacial score (nSPS) is 11.9. The number of aliphatic carboxylic acids is 1. The van der Waals surface area contributed by atoms with Crippen molar-refractivity contribution in [2.75, 3.05) is 34.2 Å². The number of carboxylic acids is 1. The highest BCUT2D eigenvalue weighted by molar-refractivity contribution is 8.00. The predicted molar refractivity (Wildman–Crippen MR) is 332 cm³/mol. The summed E-state index contributed by atoms with van der Waals surface area (Å²) in [5, 5.41) is 46.8. The second-order valence-corrected chi connectivity index (χ2v) is 20.8. The molecule has 8 aromatic carbocycles. The lowest BCUT2D eigenvalue weighted by Gasteiger charge is -2.36. The van der Waals surface area contributed by atoms with Crippen LogP contribution in [0.4, 0.5) is 0 Å². The van der Waals surface area contributed by atoms with Crippen molar-refractivity contribution in [3.05, 3.63) is 261 Å². The molecule has 6 N–H and O–H groups in total. The minimum atomic E-state index is -1.51. The molecule has 0 heterocycles. The number of ether oxygens (including phenoxy) is 4. The van der Waals surface area contributed by atoms with Gasteiger partial charge in [0, 0.05) is 44.5 Å². The zero-order valence-corrected chi connectivity index (χ0v) is 48.9. The van der Waals surface area contributed by atoms with Gasteiger partial charge in [-0.3, -0.25) is 14.4 Å². The predicted octanol–water partition coefficient (Wildman–Crippen LogP) is 11.1. The van der Waals surface area contributed by atoms with Crippen molar-refractivity contribution in [1.82, 2.24) is 10.6 Å². The van der Waals surface area contributed by atoms with E-state index in [-0.39, 0.29) is 44.3 Å². The number of benzene rings is 8. The van der Waals surface area contributed by atoms with Crippen molar-refractivity contribution in [1.29, 1.82) is 0 Å². The van der Waals surface area contributed by atoms with Crippen LogP contribution in [0.15, 0.2) is 194 Å². The maximum atomic E-state index is 12.4. The van der Waals surface area contributed by atoms with Gasteiger partial charge in [0.05, 0.1) is 63.9 Å². The minimum absolute atomic E-state index is 0.0214. The van der Waals surface area contributed by atoms with E-state index in [9.17, 15) is 34.8 Å². The van der Waals surface area contributed by atoms with Gasteiger partial charge in [-0.25, -0.2) is 0 Å². The van der Waals surface area contributed by atoms with Crippen molar-refractivity contribution >= 4 is 29.5 Å². The Labute approximate surface area is 502 Å². The molecule has 0 saturated heterocycles. The number of amides is 2. The van der Waals surface area contributed by atoms with Crippen molar-refractivity contribution in [3.63, 3.8) is 0 Å². The summed E-state index contributed by atoms with van der Waals surface area (Å²) in [5.74, 6) is 14.4. The van der Waals surface area contributed by atoms with E-state index < -0.39 is 16.3 Å². The van der Waals surface area contributed by atoms with Crippen LogP contribution < -0.4 is 29.6 Å². The first kappa shape index (κ1) is 63.3. The molecule has 0 fully saturated rings. The molecule has 0 aliphatic heterocycles. The van der Waals surface area contributed by atoms with Gasteiger partial charge in [0.1, 0.15) is 28.6 Å². The van der Waals surface area contributed by atoms with Gasteiger partial charge in [0.25, 0.3) is 0 Å². The zero-order valence-electron chi connectivity index (χ0n) is 48.1. The Balaban J connectivity index is 0.000000245. The molecule has 8 rings (SSSR count). The van der Waals surface area contributed by atoms with Crippen LogP contribution in [-0.4, -0.2) is 72.4 Å². The third-order valence-electron chi connectivity index (χ3n) is 14.0. The number of hydrogen-bond donors (Lipinski definition) is 6. The first-order valence-electron chi connectivity index (χ1n) is 27.6. The Morgan fingerprint density at radius 2 is 0.847 bits per heavy atom. The van der Waals surface area contributed by atoms with Crippen LogP contribution >= 0.6 is 11.8 Å². The van der Waals surface area contributed by atoms with E-state index in [1.54, 1.807) is 70.9 Å². The summed E-state index contributed by atoms with van der Waals surface area (Å²) in [7, 11) is 6.36. The molecule has 436 valence electrons. The maximum Gasteiger partial charge on any atom is 0.304 e. The van der Waals surface area contributed by atoms with Gasteiger partial charge in [-0.15, -0.1) is 11.8 Å². The van der Waals surface area contributed by atoms with Crippen LogP contribution in [-0.2, 0) is 51.0 Å². The molecule has 0 aliphatic carbocycles. The molecule has 8 aromatic rings. The van der Waals surface area contributed by atoms with Crippen LogP contribution in [0, 0.1) is 23.7 Å². The summed E-state index contributed by atoms with van der Waals surface area (Å²) in [6, 6.07) is 60.5. The lowest BCUT2D eigenvalue weighted by molar-refractivity contribution is -0.136. The molecule has 0 spiro atoms. The van der Waals surface area contributed by atoms with E-state index in [2.05, 4.69) is 34.3 Å². The minimum Gasteiger partial charge on any atom is -0.497 e. The van der Waals surface area contributed by atoms with Crippen LogP contribution in [0.3, 0.4) is 0 Å². The highest BCUT2D eigenvalue weighted by atomic mass is 32.2. The molecule has 13 nitrogen and oxygen atoms in total. The Hall–Kier alpha value is -9.28. The highest BCUT2D eigenvalue weighted by Gasteiger charge is 2.38. The third-order valence-corrected chi connectivity index (χ3v) is 15.6. The lowest BCUT2D eigenvalue weighted by atomic mass is 9.79. The quantitative estimate of drug-likeness (QED) is 0.0248. The number of hydrogen-bond acceptors (Lipinski definition) is 11. The molecule has 0 radical (unpaired) electrons. The van der Waals surface area contributed by atoms with Crippen LogP contribution in [0.5, 0.6) is 23.0 Å². The molecule has 0 saturated carbocycles. The Kier molecular flexibility index (Phi) is 23.8. The standard InChI is InChI=1S/C37H37NO6S.C34H33NO5/c1-43-33-19-16-31(17-20-33)37(45-23-22-36(41)42,30-14-12-28(26-39)13-15-30)32-18-21-34(44-2)29(24-32)10-6-7-11-35(40)38-25-27-8-4-3-5-9-27;1-39-31-19-16-29(17-20-31)34(38,28-14-12-26(24-36)13-15-28)30-18-21-32(40-2)27(22-30)10-6-7-11-33(37)35-23-25-8-4-3-5-9-25/h3-5,8-9,12-21,24,39H,7,11,22-23,25-26H2,1-2H3,(H,38,40)(H,41,42);3-5,8-9,12-22,36,38H,7,11,23-24H2,1-2H3,(H,35,37). The second-order valence-electron chi connectivity index (χ2n) is 19.5. The van der Waals surface area contributed by atoms with Crippen molar-refractivity contribution in [2.24, 2.45) is 0 Å². The summed E-state index contributed by atoms with van der Waals surface area (Å²) in [5.41, 5.74) is 7.93. The van der Waals surface area contributed by atoms with Gasteiger partial charge in [0.2, 0.25) is 11.8 Å². The molecule has 0 bridgehead atoms. The van der Waals surface area contributed by atoms with Crippen LogP contribution in [0.1, 0.15) is 98.9 Å². The van der Waals surface area contributed by atoms with Crippen LogP contribution in [0.25, 0.3) is 0 Å². The monoisotopic (exact) mass is 1160 g/mol. The first-order chi connectivity index (χ1) is 41.4. The lowest BCUT2D eigenvalue weighted by Crippen LogP contribution is -2.29. The smallest absolute Gasteiger partial charge is 0.304 e. The SMILES string of the molecule is COc1ccc(C(O)(c2ccc(CO)cc2)c2ccc(OC)c(C#CCCC(=O)NCc3ccccc3)c2)cc1.COc1ccc(C(SCCC(=O)O)(c2ccc(CO)cc2)c2ccc(OC)c(C#CCCC(=O)NCc3ccccc3)c2)cc1. The number of methoxy groups -OCH3 is 4. The number of carboxylic acid groups (broad SMARTS) is 1. The van der Waals surface area contributed by atoms with E-state index in [0.717, 1.165) is 38.9 Å². The highest BCUT2D eigenvalue weighted by Crippen LogP contribution is 2.50. The molecule has 0 aliphatic rings. The number of nitrogens with one attached hydrogen (secondary N) is 2. The number of rotatable bonds is 24. The molecule has 2 unspecified atom stereocenters. The van der Waals surface area contributed by atoms with Gasteiger partial charge >= 0.3 is 5.97 Å². The molecule has 14 heteroatoms. The largest absolute Gasteiger partial charge is 0.497 e. The van der Waals surface area contributed by atoms with E-state index in [1.165, 1.54) is 11.8 Å². The molecule has 0 aromatic heterocycles. The number of thioether (sulfide) groups is 1. The van der Waals surface area contributed by atoms with Gasteiger partial charge in [0.15, 0.2) is 0 Å². The van der Waals surface area contributed by atoms with E-state index in [4.69, 9.17) is 18.9 Å². The van der Waals surface area contributed by atoms with Gasteiger partial charge in [-0.1, -0.05) is 169 Å². The van der Waals surface area contributed by atoms with Gasteiger partial charge in [-0.2, -0.15) is 0 Å². The molecular weight excluding hydrogens is 1090 g/mol. The zero-order chi connectivity index (χ0) is 60.4. The molecular formula is C71H70N2O11S. The topological polar surface area (TPSA) is 193 Å². The average molecular weight is 1160 g/mol. The summed E-state index contributed by atoms with van der Waals surface area (Å²) in [6.45, 7) is 0.768. The summed E-state index contributed by atoms with van der Waals surface area (Å²) in [6.07, 6.45) is 1.26. The molecule has 2 amide bonds. The summed E-state index contributed by atoms with van der Waals surface area (Å²) in [4.78, 5) is 36.3. The van der Waals surface area contributed by atoms with Crippen molar-refractivity contribution in [3.8, 4) is 46.7 Å². The Bertz CT molecular complexity index is 3480. The summed E-state index contributed by atoms with van der Waals surface area (Å²) < 4.78 is 21.1. The fourth-order valence-corrected chi connectivity index (χ4v) is 10.9. The van der Waals surface area contributed by atoms with Gasteiger partial charge < -0.3 is 50.0 Å².